The maximum atomic E-state index is 7.63. The average molecular weight is 540 g/mol. The lowest BCUT2D eigenvalue weighted by Crippen LogP contribution is -1.91. The number of hydrogen-bond acceptors (Lipinski definition) is 1. The van der Waals surface area contributed by atoms with Crippen molar-refractivity contribution in [2.24, 2.45) is 0 Å². The van der Waals surface area contributed by atoms with Crippen molar-refractivity contribution in [3.8, 4) is 22.3 Å². The summed E-state index contributed by atoms with van der Waals surface area (Å²) in [6.07, 6.45) is 5.71. The summed E-state index contributed by atoms with van der Waals surface area (Å²) in [5, 5.41) is 15.0. The Morgan fingerprint density at radius 1 is 0.571 bits per heavy atom. The van der Waals surface area contributed by atoms with Gasteiger partial charge in [-0.25, -0.2) is 0 Å². The van der Waals surface area contributed by atoms with Gasteiger partial charge in [-0.15, -0.1) is 0 Å². The van der Waals surface area contributed by atoms with Crippen LogP contribution in [0.3, 0.4) is 0 Å². The van der Waals surface area contributed by atoms with Crippen LogP contribution in [-0.2, 0) is 0 Å². The molecule has 0 fully saturated rings. The number of benzene rings is 6. The van der Waals surface area contributed by atoms with E-state index in [1.807, 2.05) is 13.0 Å². The molecule has 0 saturated heterocycles. The van der Waals surface area contributed by atoms with Crippen LogP contribution in [0.2, 0.25) is 0 Å². The van der Waals surface area contributed by atoms with Crippen molar-refractivity contribution in [3.63, 3.8) is 0 Å². The monoisotopic (exact) mass is 539 g/mol. The van der Waals surface area contributed by atoms with Crippen LogP contribution in [0, 0.1) is 5.41 Å². The van der Waals surface area contributed by atoms with Gasteiger partial charge < -0.3 is 5.41 Å². The van der Waals surface area contributed by atoms with Gasteiger partial charge in [-0.05, 0) is 109 Å². The van der Waals surface area contributed by atoms with Crippen LogP contribution in [0.4, 0.5) is 0 Å². The van der Waals surface area contributed by atoms with Crippen LogP contribution in [0.25, 0.3) is 60.1 Å². The molecule has 6 rings (SSSR count). The molecule has 0 heterocycles. The zero-order valence-corrected chi connectivity index (χ0v) is 24.1. The Hall–Kier alpha value is -5.27. The summed E-state index contributed by atoms with van der Waals surface area (Å²) < 4.78 is 0. The predicted octanol–water partition coefficient (Wildman–Crippen LogP) is 11.6. The molecule has 6 aromatic carbocycles. The highest BCUT2D eigenvalue weighted by molar-refractivity contribution is 6.21. The van der Waals surface area contributed by atoms with Gasteiger partial charge in [-0.1, -0.05) is 128 Å². The molecule has 0 aliphatic heterocycles. The Bertz CT molecular complexity index is 2030. The third-order valence-electron chi connectivity index (χ3n) is 7.93. The van der Waals surface area contributed by atoms with E-state index in [4.69, 9.17) is 5.41 Å². The first-order chi connectivity index (χ1) is 20.4. The number of nitrogens with one attached hydrogen (secondary N) is 1. The topological polar surface area (TPSA) is 23.9 Å². The van der Waals surface area contributed by atoms with E-state index in [1.54, 1.807) is 13.0 Å². The van der Waals surface area contributed by atoms with Crippen molar-refractivity contribution in [2.45, 2.75) is 13.8 Å². The van der Waals surface area contributed by atoms with Gasteiger partial charge in [-0.2, -0.15) is 0 Å². The second kappa shape index (κ2) is 11.3. The zero-order chi connectivity index (χ0) is 29.2. The Morgan fingerprint density at radius 2 is 1.12 bits per heavy atom. The molecule has 1 nitrogen and oxygen atoms in total. The van der Waals surface area contributed by atoms with Gasteiger partial charge in [0.05, 0.1) is 0 Å². The van der Waals surface area contributed by atoms with Crippen LogP contribution < -0.4 is 0 Å². The molecule has 1 N–H and O–H groups in total. The number of allylic oxidation sites excluding steroid dienone is 6. The van der Waals surface area contributed by atoms with E-state index in [0.29, 0.717) is 5.71 Å². The molecule has 0 radical (unpaired) electrons. The molecule has 0 unspecified atom stereocenters. The third kappa shape index (κ3) is 5.13. The largest absolute Gasteiger partial charge is 0.306 e. The summed E-state index contributed by atoms with van der Waals surface area (Å²) in [7, 11) is 0. The number of hydrogen-bond donors (Lipinski definition) is 1. The maximum Gasteiger partial charge on any atom is 0.0283 e. The van der Waals surface area contributed by atoms with Crippen LogP contribution in [0.5, 0.6) is 0 Å². The minimum Gasteiger partial charge on any atom is -0.306 e. The predicted molar refractivity (Wildman–Crippen MR) is 184 cm³/mol. The minimum absolute atomic E-state index is 0.503. The SMILES string of the molecule is C=C(/C=C\C(C)=N)/C(C)=C/C(=C)c1ccc2ccc(-c3c4ccccc4c(-c4ccccc4)c4ccccc34)cc2c1. The normalized spacial score (nSPS) is 11.9. The molecule has 0 aromatic heterocycles. The summed E-state index contributed by atoms with van der Waals surface area (Å²) in [5.74, 6) is 0. The summed E-state index contributed by atoms with van der Waals surface area (Å²) in [6, 6.07) is 41.6. The van der Waals surface area contributed by atoms with Crippen LogP contribution >= 0.6 is 0 Å². The van der Waals surface area contributed by atoms with E-state index >= 15 is 0 Å². The molecule has 1 heteroatoms. The highest BCUT2D eigenvalue weighted by Crippen LogP contribution is 2.44. The summed E-state index contributed by atoms with van der Waals surface area (Å²) >= 11 is 0. The molecular formula is C41H33N. The quantitative estimate of drug-likeness (QED) is 0.118. The lowest BCUT2D eigenvalue weighted by Gasteiger charge is -2.18. The lowest BCUT2D eigenvalue weighted by atomic mass is 9.85. The fourth-order valence-corrected chi connectivity index (χ4v) is 5.75. The Kier molecular flexibility index (Phi) is 7.25. The average Bonchev–Trinajstić information content (AvgIpc) is 3.02. The minimum atomic E-state index is 0.503. The summed E-state index contributed by atoms with van der Waals surface area (Å²) in [5.41, 5.74) is 9.38. The molecule has 6 aromatic rings. The van der Waals surface area contributed by atoms with E-state index in [2.05, 4.69) is 134 Å². The van der Waals surface area contributed by atoms with Gasteiger partial charge in [0.2, 0.25) is 0 Å². The number of rotatable bonds is 7. The van der Waals surface area contributed by atoms with Crippen LogP contribution in [-0.4, -0.2) is 5.71 Å². The van der Waals surface area contributed by atoms with E-state index < -0.39 is 0 Å². The van der Waals surface area contributed by atoms with Crippen molar-refractivity contribution >= 4 is 43.6 Å². The van der Waals surface area contributed by atoms with E-state index in [0.717, 1.165) is 22.3 Å². The summed E-state index contributed by atoms with van der Waals surface area (Å²) in [4.78, 5) is 0. The molecule has 0 spiro atoms. The second-order valence-electron chi connectivity index (χ2n) is 10.9. The van der Waals surface area contributed by atoms with Gasteiger partial charge in [0.15, 0.2) is 0 Å². The maximum absolute atomic E-state index is 7.63. The Morgan fingerprint density at radius 3 is 1.71 bits per heavy atom. The standard InChI is InChI=1S/C41H33N/c1-27(18-19-30(4)42)28(2)24-29(3)33-22-20-31-21-23-34(26-35(31)25-33)41-38-16-10-8-14-36(38)40(32-12-6-5-7-13-32)37-15-9-11-17-39(37)41/h5-26,42H,1,3H2,2,4H3/b19-18-,28-24+,42-30?. The third-order valence-corrected chi connectivity index (χ3v) is 7.93. The summed E-state index contributed by atoms with van der Waals surface area (Å²) in [6.45, 7) is 12.3. The molecule has 0 saturated carbocycles. The molecule has 202 valence electrons. The second-order valence-corrected chi connectivity index (χ2v) is 10.9. The first-order valence-corrected chi connectivity index (χ1v) is 14.2. The lowest BCUT2D eigenvalue weighted by molar-refractivity contribution is 1.44. The Labute approximate surface area is 248 Å². The molecule has 0 aliphatic rings. The first-order valence-electron chi connectivity index (χ1n) is 14.2. The van der Waals surface area contributed by atoms with E-state index in [-0.39, 0.29) is 0 Å². The fourth-order valence-electron chi connectivity index (χ4n) is 5.75. The highest BCUT2D eigenvalue weighted by atomic mass is 14.4. The van der Waals surface area contributed by atoms with Gasteiger partial charge in [0, 0.05) is 5.71 Å². The van der Waals surface area contributed by atoms with Crippen molar-refractivity contribution in [1.29, 1.82) is 5.41 Å². The highest BCUT2D eigenvalue weighted by Gasteiger charge is 2.16. The molecular weight excluding hydrogens is 506 g/mol. The molecule has 0 bridgehead atoms. The van der Waals surface area contributed by atoms with Gasteiger partial charge in [0.25, 0.3) is 0 Å². The van der Waals surface area contributed by atoms with Crippen molar-refractivity contribution in [2.75, 3.05) is 0 Å². The van der Waals surface area contributed by atoms with E-state index in [1.165, 1.54) is 54.6 Å². The fraction of sp³-hybridized carbons (Fsp3) is 0.0488. The molecule has 0 amide bonds. The van der Waals surface area contributed by atoms with Gasteiger partial charge in [0.1, 0.15) is 0 Å². The molecule has 0 aliphatic carbocycles. The van der Waals surface area contributed by atoms with Crippen molar-refractivity contribution < 1.29 is 0 Å². The first kappa shape index (κ1) is 26.9. The Balaban J connectivity index is 1.50. The molecule has 42 heavy (non-hydrogen) atoms. The van der Waals surface area contributed by atoms with Crippen LogP contribution in [0.1, 0.15) is 19.4 Å². The molecule has 0 atom stereocenters. The van der Waals surface area contributed by atoms with Crippen molar-refractivity contribution in [1.82, 2.24) is 0 Å². The van der Waals surface area contributed by atoms with Crippen LogP contribution in [0.15, 0.2) is 158 Å². The smallest absolute Gasteiger partial charge is 0.0283 e. The number of fused-ring (bicyclic) bond motifs is 3. The van der Waals surface area contributed by atoms with Crippen molar-refractivity contribution in [3.05, 3.63) is 163 Å². The van der Waals surface area contributed by atoms with Gasteiger partial charge >= 0.3 is 0 Å². The van der Waals surface area contributed by atoms with Gasteiger partial charge in [-0.3, -0.25) is 0 Å². The van der Waals surface area contributed by atoms with E-state index in [9.17, 15) is 0 Å². The zero-order valence-electron chi connectivity index (χ0n) is 24.1.